The zero-order chi connectivity index (χ0) is 13.0. The Hall–Kier alpha value is -2.61. The molecule has 5 nitrogen and oxygen atoms in total. The molecule has 2 rings (SSSR count). The normalized spacial score (nSPS) is 9.78. The van der Waals surface area contributed by atoms with Crippen molar-refractivity contribution in [2.45, 2.75) is 13.3 Å². The van der Waals surface area contributed by atoms with E-state index in [1.807, 2.05) is 24.3 Å². The van der Waals surface area contributed by atoms with Gasteiger partial charge < -0.3 is 11.1 Å². The van der Waals surface area contributed by atoms with E-state index in [4.69, 9.17) is 11.0 Å². The van der Waals surface area contributed by atoms with Crippen molar-refractivity contribution in [1.29, 1.82) is 5.26 Å². The quantitative estimate of drug-likeness (QED) is 0.857. The molecule has 0 radical (unpaired) electrons. The number of hydrogen-bond donors (Lipinski definition) is 2. The maximum Gasteiger partial charge on any atom is 0.136 e. The van der Waals surface area contributed by atoms with E-state index in [1.54, 1.807) is 13.0 Å². The summed E-state index contributed by atoms with van der Waals surface area (Å²) in [5, 5.41) is 11.7. The lowest BCUT2D eigenvalue weighted by molar-refractivity contribution is 1.06. The number of nitrogens with zero attached hydrogens (tertiary/aromatic N) is 3. The summed E-state index contributed by atoms with van der Waals surface area (Å²) in [6.07, 6.45) is 0.417. The van der Waals surface area contributed by atoms with Crippen LogP contribution in [0.1, 0.15) is 11.4 Å². The van der Waals surface area contributed by atoms with E-state index in [0.29, 0.717) is 23.9 Å². The maximum atomic E-state index is 8.59. The fourth-order valence-electron chi connectivity index (χ4n) is 1.60. The lowest BCUT2D eigenvalue weighted by Crippen LogP contribution is -2.00. The Bertz CT molecular complexity index is 563. The van der Waals surface area contributed by atoms with Crippen LogP contribution in [-0.4, -0.2) is 9.97 Å². The third kappa shape index (κ3) is 2.95. The number of hydrogen-bond acceptors (Lipinski definition) is 5. The third-order valence-corrected chi connectivity index (χ3v) is 2.37. The molecule has 3 N–H and O–H groups in total. The van der Waals surface area contributed by atoms with Gasteiger partial charge in [0.25, 0.3) is 0 Å². The number of aromatic nitrogens is 2. The topological polar surface area (TPSA) is 87.6 Å². The highest BCUT2D eigenvalue weighted by atomic mass is 15.0. The molecule has 5 heteroatoms. The van der Waals surface area contributed by atoms with Gasteiger partial charge in [-0.1, -0.05) is 12.1 Å². The smallest absolute Gasteiger partial charge is 0.136 e. The van der Waals surface area contributed by atoms with E-state index < -0.39 is 0 Å². The van der Waals surface area contributed by atoms with Gasteiger partial charge in [0.15, 0.2) is 0 Å². The van der Waals surface area contributed by atoms with Crippen molar-refractivity contribution in [1.82, 2.24) is 9.97 Å². The van der Waals surface area contributed by atoms with Crippen LogP contribution in [0.4, 0.5) is 17.3 Å². The Morgan fingerprint density at radius 1 is 1.28 bits per heavy atom. The van der Waals surface area contributed by atoms with Crippen molar-refractivity contribution in [3.8, 4) is 6.07 Å². The third-order valence-electron chi connectivity index (χ3n) is 2.37. The van der Waals surface area contributed by atoms with Crippen molar-refractivity contribution >= 4 is 17.3 Å². The van der Waals surface area contributed by atoms with E-state index in [9.17, 15) is 0 Å². The highest BCUT2D eigenvalue weighted by molar-refractivity contribution is 5.58. The molecule has 0 atom stereocenters. The molecule has 0 fully saturated rings. The lowest BCUT2D eigenvalue weighted by atomic mass is 10.1. The fraction of sp³-hybridized carbons (Fsp3) is 0.154. The number of anilines is 3. The van der Waals surface area contributed by atoms with Gasteiger partial charge in [-0.3, -0.25) is 0 Å². The van der Waals surface area contributed by atoms with Gasteiger partial charge in [-0.05, 0) is 24.6 Å². The summed E-state index contributed by atoms with van der Waals surface area (Å²) in [5.74, 6) is 1.72. The number of aryl methyl sites for hydroxylation is 1. The van der Waals surface area contributed by atoms with Crippen LogP contribution in [0.3, 0.4) is 0 Å². The largest absolute Gasteiger partial charge is 0.384 e. The van der Waals surface area contributed by atoms with Crippen LogP contribution in [0.15, 0.2) is 30.3 Å². The molecule has 1 aromatic heterocycles. The second-order valence-corrected chi connectivity index (χ2v) is 3.88. The first-order valence-corrected chi connectivity index (χ1v) is 5.51. The van der Waals surface area contributed by atoms with E-state index in [0.717, 1.165) is 11.3 Å². The first kappa shape index (κ1) is 11.9. The van der Waals surface area contributed by atoms with Crippen molar-refractivity contribution in [2.75, 3.05) is 11.1 Å². The second-order valence-electron chi connectivity index (χ2n) is 3.88. The highest BCUT2D eigenvalue weighted by Crippen LogP contribution is 2.16. The Labute approximate surface area is 105 Å². The Balaban J connectivity index is 2.16. The molecule has 0 amide bonds. The molecule has 1 aromatic carbocycles. The van der Waals surface area contributed by atoms with E-state index in [2.05, 4.69) is 21.4 Å². The number of nitrogen functional groups attached to an aromatic ring is 1. The lowest BCUT2D eigenvalue weighted by Gasteiger charge is -2.07. The van der Waals surface area contributed by atoms with Gasteiger partial charge in [0, 0.05) is 11.8 Å². The van der Waals surface area contributed by atoms with Crippen LogP contribution in [0, 0.1) is 18.3 Å². The minimum atomic E-state index is 0.417. The highest BCUT2D eigenvalue weighted by Gasteiger charge is 2.00. The number of rotatable bonds is 3. The Morgan fingerprint density at radius 2 is 2.00 bits per heavy atom. The molecular formula is C13H13N5. The molecule has 0 aliphatic carbocycles. The van der Waals surface area contributed by atoms with Gasteiger partial charge >= 0.3 is 0 Å². The predicted octanol–water partition coefficient (Wildman–Crippen LogP) is 2.18. The molecule has 0 unspecified atom stereocenters. The van der Waals surface area contributed by atoms with Crippen LogP contribution in [0.5, 0.6) is 0 Å². The predicted molar refractivity (Wildman–Crippen MR) is 70.2 cm³/mol. The summed E-state index contributed by atoms with van der Waals surface area (Å²) in [6, 6.07) is 11.4. The molecular weight excluding hydrogens is 226 g/mol. The molecule has 0 spiro atoms. The minimum Gasteiger partial charge on any atom is -0.384 e. The molecule has 0 saturated carbocycles. The monoisotopic (exact) mass is 239 g/mol. The minimum absolute atomic E-state index is 0.417. The van der Waals surface area contributed by atoms with Gasteiger partial charge in [0.05, 0.1) is 12.5 Å². The molecule has 0 aliphatic rings. The molecule has 18 heavy (non-hydrogen) atoms. The summed E-state index contributed by atoms with van der Waals surface area (Å²) in [5.41, 5.74) is 7.53. The van der Waals surface area contributed by atoms with Gasteiger partial charge in [0.1, 0.15) is 17.5 Å². The van der Waals surface area contributed by atoms with E-state index >= 15 is 0 Å². The molecule has 0 saturated heterocycles. The van der Waals surface area contributed by atoms with Crippen LogP contribution < -0.4 is 11.1 Å². The molecule has 0 aliphatic heterocycles. The molecule has 2 aromatic rings. The van der Waals surface area contributed by atoms with Gasteiger partial charge in [-0.2, -0.15) is 5.26 Å². The van der Waals surface area contributed by atoms with Crippen molar-refractivity contribution in [3.05, 3.63) is 41.7 Å². The van der Waals surface area contributed by atoms with Crippen LogP contribution in [0.2, 0.25) is 0 Å². The standard InChI is InChI=1S/C13H13N5/c1-9-16-12(15)8-13(17-9)18-11-4-2-10(3-5-11)6-7-14/h2-5,8H,6H2,1H3,(H3,15,16,17,18). The molecule has 0 bridgehead atoms. The average molecular weight is 239 g/mol. The van der Waals surface area contributed by atoms with Gasteiger partial charge in [-0.25, -0.2) is 9.97 Å². The van der Waals surface area contributed by atoms with Crippen LogP contribution in [0.25, 0.3) is 0 Å². The van der Waals surface area contributed by atoms with Crippen LogP contribution in [-0.2, 0) is 6.42 Å². The summed E-state index contributed by atoms with van der Waals surface area (Å²) >= 11 is 0. The average Bonchev–Trinajstić information content (AvgIpc) is 2.31. The Kier molecular flexibility index (Phi) is 3.39. The Morgan fingerprint density at radius 3 is 2.61 bits per heavy atom. The van der Waals surface area contributed by atoms with Gasteiger partial charge in [0.2, 0.25) is 0 Å². The van der Waals surface area contributed by atoms with Crippen molar-refractivity contribution in [3.63, 3.8) is 0 Å². The fourth-order valence-corrected chi connectivity index (χ4v) is 1.60. The zero-order valence-electron chi connectivity index (χ0n) is 10.0. The summed E-state index contributed by atoms with van der Waals surface area (Å²) < 4.78 is 0. The zero-order valence-corrected chi connectivity index (χ0v) is 10.0. The molecule has 1 heterocycles. The summed E-state index contributed by atoms with van der Waals surface area (Å²) in [6.45, 7) is 1.79. The first-order valence-electron chi connectivity index (χ1n) is 5.51. The number of nitrogens with one attached hydrogen (secondary N) is 1. The second kappa shape index (κ2) is 5.15. The van der Waals surface area contributed by atoms with Crippen molar-refractivity contribution in [2.24, 2.45) is 0 Å². The first-order chi connectivity index (χ1) is 8.67. The van der Waals surface area contributed by atoms with E-state index in [-0.39, 0.29) is 0 Å². The SMILES string of the molecule is Cc1nc(N)cc(Nc2ccc(CC#N)cc2)n1. The molecule has 90 valence electrons. The summed E-state index contributed by atoms with van der Waals surface area (Å²) in [4.78, 5) is 8.24. The maximum absolute atomic E-state index is 8.59. The number of nitrogens with two attached hydrogens (primary N) is 1. The summed E-state index contributed by atoms with van der Waals surface area (Å²) in [7, 11) is 0. The van der Waals surface area contributed by atoms with Gasteiger partial charge in [-0.15, -0.1) is 0 Å². The number of benzene rings is 1. The number of nitriles is 1. The van der Waals surface area contributed by atoms with E-state index in [1.165, 1.54) is 0 Å². The van der Waals surface area contributed by atoms with Crippen molar-refractivity contribution < 1.29 is 0 Å². The van der Waals surface area contributed by atoms with Crippen LogP contribution >= 0.6 is 0 Å².